The van der Waals surface area contributed by atoms with Gasteiger partial charge in [0.25, 0.3) is 0 Å². The Hall–Kier alpha value is -1.59. The van der Waals surface area contributed by atoms with Crippen molar-refractivity contribution in [3.63, 3.8) is 0 Å². The summed E-state index contributed by atoms with van der Waals surface area (Å²) >= 11 is 0. The standard InChI is InChI=1S/C8H9BN2O3/c1-6(12)2-4-10-5-3-7(13)11(9)8(10)14/h3,5H,2,4H2,1H3. The van der Waals surface area contributed by atoms with Gasteiger partial charge in [-0.15, -0.1) is 0 Å². The molecule has 0 bridgehead atoms. The third-order valence-corrected chi connectivity index (χ3v) is 1.79. The summed E-state index contributed by atoms with van der Waals surface area (Å²) in [7, 11) is 5.17. The van der Waals surface area contributed by atoms with E-state index in [-0.39, 0.29) is 18.7 Å². The summed E-state index contributed by atoms with van der Waals surface area (Å²) in [4.78, 5) is 32.8. The van der Waals surface area contributed by atoms with Crippen LogP contribution in [0.2, 0.25) is 0 Å². The van der Waals surface area contributed by atoms with E-state index in [0.717, 1.165) is 0 Å². The van der Waals surface area contributed by atoms with Crippen molar-refractivity contribution in [2.24, 2.45) is 0 Å². The second-order valence-electron chi connectivity index (χ2n) is 2.95. The first-order valence-corrected chi connectivity index (χ1v) is 4.09. The van der Waals surface area contributed by atoms with E-state index in [0.29, 0.717) is 4.48 Å². The molecule has 0 N–H and O–H groups in total. The third kappa shape index (κ3) is 2.22. The lowest BCUT2D eigenvalue weighted by atomic mass is 10.3. The Bertz CT molecular complexity index is 460. The SMILES string of the molecule is [B]n1c(=O)ccn(CCC(C)=O)c1=O. The van der Waals surface area contributed by atoms with Gasteiger partial charge in [0.1, 0.15) is 5.78 Å². The van der Waals surface area contributed by atoms with Gasteiger partial charge >= 0.3 is 5.69 Å². The summed E-state index contributed by atoms with van der Waals surface area (Å²) in [5.74, 6) is -0.0216. The first kappa shape index (κ1) is 10.5. The van der Waals surface area contributed by atoms with Crippen LogP contribution in [-0.2, 0) is 11.3 Å². The second-order valence-corrected chi connectivity index (χ2v) is 2.95. The van der Waals surface area contributed by atoms with Crippen LogP contribution in [0.25, 0.3) is 0 Å². The maximum absolute atomic E-state index is 11.3. The van der Waals surface area contributed by atoms with Gasteiger partial charge in [-0.05, 0) is 6.92 Å². The van der Waals surface area contributed by atoms with Crippen molar-refractivity contribution < 1.29 is 4.79 Å². The van der Waals surface area contributed by atoms with Crippen LogP contribution in [0.1, 0.15) is 13.3 Å². The van der Waals surface area contributed by atoms with E-state index >= 15 is 0 Å². The van der Waals surface area contributed by atoms with Gasteiger partial charge in [0.05, 0.1) is 0 Å². The van der Waals surface area contributed by atoms with E-state index in [1.807, 2.05) is 0 Å². The molecule has 5 nitrogen and oxygen atoms in total. The molecule has 14 heavy (non-hydrogen) atoms. The number of aromatic nitrogens is 2. The number of hydrogen-bond donors (Lipinski definition) is 0. The van der Waals surface area contributed by atoms with Crippen molar-refractivity contribution in [3.05, 3.63) is 33.1 Å². The fourth-order valence-electron chi connectivity index (χ4n) is 0.979. The minimum Gasteiger partial charge on any atom is -0.319 e. The topological polar surface area (TPSA) is 61.1 Å². The summed E-state index contributed by atoms with van der Waals surface area (Å²) in [6, 6.07) is 1.18. The van der Waals surface area contributed by atoms with Crippen LogP contribution in [0, 0.1) is 0 Å². The van der Waals surface area contributed by atoms with Crippen LogP contribution >= 0.6 is 0 Å². The highest BCUT2D eigenvalue weighted by molar-refractivity contribution is 6.06. The molecule has 0 aliphatic rings. The average Bonchev–Trinajstić information content (AvgIpc) is 2.13. The predicted octanol–water partition coefficient (Wildman–Crippen LogP) is -1.08. The molecule has 6 heteroatoms. The minimum absolute atomic E-state index is 0.0216. The molecular weight excluding hydrogens is 183 g/mol. The lowest BCUT2D eigenvalue weighted by molar-refractivity contribution is -0.117. The molecule has 0 aliphatic carbocycles. The second kappa shape index (κ2) is 4.08. The summed E-state index contributed by atoms with van der Waals surface area (Å²) in [5, 5.41) is 0. The van der Waals surface area contributed by atoms with Crippen LogP contribution in [0.15, 0.2) is 21.9 Å². The molecule has 0 fully saturated rings. The highest BCUT2D eigenvalue weighted by Gasteiger charge is 2.01. The van der Waals surface area contributed by atoms with Gasteiger partial charge in [-0.1, -0.05) is 0 Å². The highest BCUT2D eigenvalue weighted by atomic mass is 16.2. The molecule has 1 aromatic heterocycles. The Morgan fingerprint density at radius 1 is 1.50 bits per heavy atom. The van der Waals surface area contributed by atoms with Crippen molar-refractivity contribution >= 4 is 13.8 Å². The van der Waals surface area contributed by atoms with Gasteiger partial charge in [0, 0.05) is 25.2 Å². The van der Waals surface area contributed by atoms with Crippen LogP contribution in [-0.4, -0.2) is 22.8 Å². The molecule has 0 amide bonds. The van der Waals surface area contributed by atoms with E-state index in [1.54, 1.807) is 0 Å². The number of rotatable bonds is 3. The number of nitrogens with zero attached hydrogens (tertiary/aromatic N) is 2. The number of Topliss-reactive ketones (excluding diaryl/α,β-unsaturated/α-hetero) is 1. The monoisotopic (exact) mass is 192 g/mol. The van der Waals surface area contributed by atoms with E-state index in [4.69, 9.17) is 7.98 Å². The number of aryl methyl sites for hydroxylation is 1. The molecule has 1 rings (SSSR count). The van der Waals surface area contributed by atoms with Gasteiger partial charge in [0.2, 0.25) is 13.5 Å². The summed E-state index contributed by atoms with van der Waals surface area (Å²) in [6.07, 6.45) is 1.58. The third-order valence-electron chi connectivity index (χ3n) is 1.79. The zero-order chi connectivity index (χ0) is 10.7. The van der Waals surface area contributed by atoms with E-state index < -0.39 is 11.2 Å². The molecule has 0 saturated heterocycles. The van der Waals surface area contributed by atoms with Gasteiger partial charge in [0.15, 0.2) is 0 Å². The quantitative estimate of drug-likeness (QED) is 0.572. The number of carbonyl (C=O) groups excluding carboxylic acids is 1. The first-order chi connectivity index (χ1) is 6.52. The van der Waals surface area contributed by atoms with Gasteiger partial charge in [-0.2, -0.15) is 0 Å². The molecule has 2 radical (unpaired) electrons. The molecular formula is C8H9BN2O3. The summed E-state index contributed by atoms with van der Waals surface area (Å²) < 4.78 is 1.74. The fourth-order valence-corrected chi connectivity index (χ4v) is 0.979. The lowest BCUT2D eigenvalue weighted by Gasteiger charge is -2.04. The molecule has 0 saturated carbocycles. The van der Waals surface area contributed by atoms with Crippen molar-refractivity contribution in [1.82, 2.24) is 9.05 Å². The van der Waals surface area contributed by atoms with Crippen LogP contribution in [0.4, 0.5) is 0 Å². The van der Waals surface area contributed by atoms with Crippen LogP contribution in [0.3, 0.4) is 0 Å². The Balaban J connectivity index is 3.01. The maximum Gasteiger partial charge on any atom is 0.317 e. The zero-order valence-corrected chi connectivity index (χ0v) is 7.77. The van der Waals surface area contributed by atoms with Crippen molar-refractivity contribution in [2.45, 2.75) is 19.9 Å². The molecule has 0 unspecified atom stereocenters. The molecule has 72 valence electrons. The molecule has 0 aliphatic heterocycles. The minimum atomic E-state index is -0.612. The largest absolute Gasteiger partial charge is 0.319 e. The van der Waals surface area contributed by atoms with Gasteiger partial charge in [-0.3, -0.25) is 9.59 Å². The van der Waals surface area contributed by atoms with Crippen molar-refractivity contribution in [3.8, 4) is 0 Å². The molecule has 0 atom stereocenters. The fraction of sp³-hybridized carbons (Fsp3) is 0.375. The average molecular weight is 192 g/mol. The van der Waals surface area contributed by atoms with E-state index in [2.05, 4.69) is 0 Å². The van der Waals surface area contributed by atoms with Crippen molar-refractivity contribution in [1.29, 1.82) is 0 Å². The van der Waals surface area contributed by atoms with E-state index in [9.17, 15) is 14.4 Å². The molecule has 1 aromatic rings. The Kier molecular flexibility index (Phi) is 3.06. The summed E-state index contributed by atoms with van der Waals surface area (Å²) in [6.45, 7) is 1.68. The summed E-state index contributed by atoms with van der Waals surface area (Å²) in [5.41, 5.74) is -1.17. The Labute approximate surface area is 81.4 Å². The Morgan fingerprint density at radius 2 is 2.14 bits per heavy atom. The van der Waals surface area contributed by atoms with E-state index in [1.165, 1.54) is 23.8 Å². The normalized spacial score (nSPS) is 10.1. The molecule has 1 heterocycles. The smallest absolute Gasteiger partial charge is 0.317 e. The zero-order valence-electron chi connectivity index (χ0n) is 7.77. The van der Waals surface area contributed by atoms with Crippen LogP contribution in [0.5, 0.6) is 0 Å². The molecule has 0 aromatic carbocycles. The Morgan fingerprint density at radius 3 is 2.71 bits per heavy atom. The highest BCUT2D eigenvalue weighted by Crippen LogP contribution is 1.86. The van der Waals surface area contributed by atoms with Gasteiger partial charge in [-0.25, -0.2) is 4.79 Å². The van der Waals surface area contributed by atoms with Gasteiger partial charge < -0.3 is 9.05 Å². The molecule has 0 spiro atoms. The number of hydrogen-bond acceptors (Lipinski definition) is 3. The van der Waals surface area contributed by atoms with Crippen LogP contribution < -0.4 is 11.2 Å². The predicted molar refractivity (Wildman–Crippen MR) is 51.4 cm³/mol. The number of carbonyl (C=O) groups is 1. The lowest BCUT2D eigenvalue weighted by Crippen LogP contribution is -2.38. The number of ketones is 1. The van der Waals surface area contributed by atoms with Crippen molar-refractivity contribution in [2.75, 3.05) is 0 Å². The first-order valence-electron chi connectivity index (χ1n) is 4.09. The maximum atomic E-state index is 11.3.